The summed E-state index contributed by atoms with van der Waals surface area (Å²) in [5.41, 5.74) is 0. The Labute approximate surface area is 116 Å². The molecule has 19 heavy (non-hydrogen) atoms. The summed E-state index contributed by atoms with van der Waals surface area (Å²) in [6.45, 7) is 4.97. The van der Waals surface area contributed by atoms with Crippen LogP contribution < -0.4 is 10.6 Å². The van der Waals surface area contributed by atoms with Crippen LogP contribution in [-0.4, -0.2) is 63.3 Å². The number of ether oxygens (including phenoxy) is 1. The fourth-order valence-corrected chi connectivity index (χ4v) is 2.50. The van der Waals surface area contributed by atoms with Crippen LogP contribution in [0.4, 0.5) is 0 Å². The third-order valence-electron chi connectivity index (χ3n) is 3.98. The number of nitrogens with one attached hydrogen (secondary N) is 2. The Kier molecular flexibility index (Phi) is 6.07. The van der Waals surface area contributed by atoms with Crippen LogP contribution in [0.1, 0.15) is 25.7 Å². The lowest BCUT2D eigenvalue weighted by Gasteiger charge is -2.32. The summed E-state index contributed by atoms with van der Waals surface area (Å²) in [7, 11) is 1.64. The molecule has 1 heterocycles. The van der Waals surface area contributed by atoms with Crippen molar-refractivity contribution in [2.75, 3.05) is 46.4 Å². The van der Waals surface area contributed by atoms with E-state index in [1.165, 1.54) is 19.4 Å². The van der Waals surface area contributed by atoms with Crippen molar-refractivity contribution in [1.29, 1.82) is 0 Å². The maximum atomic E-state index is 11.7. The van der Waals surface area contributed by atoms with E-state index in [2.05, 4.69) is 15.5 Å². The Morgan fingerprint density at radius 1 is 1.26 bits per heavy atom. The Morgan fingerprint density at radius 2 is 2.00 bits per heavy atom. The Bertz CT molecular complexity index is 274. The van der Waals surface area contributed by atoms with Gasteiger partial charge in [-0.05, 0) is 38.1 Å². The minimum Gasteiger partial charge on any atom is -0.383 e. The lowest BCUT2D eigenvalue weighted by molar-refractivity contribution is -0.122. The molecule has 0 aromatic heterocycles. The maximum absolute atomic E-state index is 11.7. The minimum absolute atomic E-state index is 0.112. The van der Waals surface area contributed by atoms with E-state index in [0.29, 0.717) is 25.7 Å². The average molecular weight is 269 g/mol. The number of amides is 1. The predicted octanol–water partition coefficient (Wildman–Crippen LogP) is 0.213. The molecule has 0 spiro atoms. The average Bonchev–Trinajstić information content (AvgIpc) is 3.22. The number of rotatable bonds is 8. The van der Waals surface area contributed by atoms with Gasteiger partial charge >= 0.3 is 0 Å². The highest BCUT2D eigenvalue weighted by Crippen LogP contribution is 2.28. The second-order valence-electron chi connectivity index (χ2n) is 5.74. The molecule has 0 atom stereocenters. The largest absolute Gasteiger partial charge is 0.383 e. The molecule has 2 N–H and O–H groups in total. The third-order valence-corrected chi connectivity index (χ3v) is 3.98. The third kappa shape index (κ3) is 5.89. The summed E-state index contributed by atoms with van der Waals surface area (Å²) in [5, 5.41) is 6.52. The molecule has 5 nitrogen and oxygen atoms in total. The molecule has 1 amide bonds. The standard InChI is InChI=1S/C14H27N3O2/c1-19-9-6-15-14(18)11-17-7-4-13(5-8-17)16-10-12-2-3-12/h12-13,16H,2-11H2,1H3,(H,15,18). The van der Waals surface area contributed by atoms with Crippen molar-refractivity contribution in [2.45, 2.75) is 31.7 Å². The van der Waals surface area contributed by atoms with Crippen molar-refractivity contribution in [3.63, 3.8) is 0 Å². The molecule has 1 aliphatic heterocycles. The zero-order valence-corrected chi connectivity index (χ0v) is 12.0. The van der Waals surface area contributed by atoms with Crippen molar-refractivity contribution >= 4 is 5.91 Å². The number of likely N-dealkylation sites (tertiary alicyclic amines) is 1. The van der Waals surface area contributed by atoms with Gasteiger partial charge < -0.3 is 15.4 Å². The van der Waals surface area contributed by atoms with Crippen molar-refractivity contribution < 1.29 is 9.53 Å². The van der Waals surface area contributed by atoms with Gasteiger partial charge in [0.15, 0.2) is 0 Å². The number of nitrogens with zero attached hydrogens (tertiary/aromatic N) is 1. The van der Waals surface area contributed by atoms with Gasteiger partial charge in [0.2, 0.25) is 5.91 Å². The normalized spacial score (nSPS) is 21.5. The first kappa shape index (κ1) is 14.8. The molecule has 0 unspecified atom stereocenters. The molecule has 2 rings (SSSR count). The SMILES string of the molecule is COCCNC(=O)CN1CCC(NCC2CC2)CC1. The van der Waals surface area contributed by atoms with Crippen LogP contribution in [-0.2, 0) is 9.53 Å². The molecule has 0 aromatic rings. The van der Waals surface area contributed by atoms with Crippen LogP contribution in [0, 0.1) is 5.92 Å². The van der Waals surface area contributed by atoms with Crippen LogP contribution in [0.5, 0.6) is 0 Å². The highest BCUT2D eigenvalue weighted by molar-refractivity contribution is 5.77. The number of hydrogen-bond donors (Lipinski definition) is 2. The molecule has 1 saturated carbocycles. The maximum Gasteiger partial charge on any atom is 0.234 e. The van der Waals surface area contributed by atoms with Crippen LogP contribution in [0.15, 0.2) is 0 Å². The topological polar surface area (TPSA) is 53.6 Å². The second kappa shape index (κ2) is 7.82. The van der Waals surface area contributed by atoms with E-state index in [-0.39, 0.29) is 5.91 Å². The summed E-state index contributed by atoms with van der Waals surface area (Å²) >= 11 is 0. The number of hydrogen-bond acceptors (Lipinski definition) is 4. The summed E-state index contributed by atoms with van der Waals surface area (Å²) in [5.74, 6) is 1.06. The fraction of sp³-hybridized carbons (Fsp3) is 0.929. The lowest BCUT2D eigenvalue weighted by Crippen LogP contribution is -2.46. The molecule has 2 aliphatic rings. The first-order chi connectivity index (χ1) is 9.28. The molecule has 5 heteroatoms. The van der Waals surface area contributed by atoms with Crippen LogP contribution in [0.2, 0.25) is 0 Å². The van der Waals surface area contributed by atoms with Crippen molar-refractivity contribution in [1.82, 2.24) is 15.5 Å². The van der Waals surface area contributed by atoms with Gasteiger partial charge in [-0.3, -0.25) is 9.69 Å². The van der Waals surface area contributed by atoms with E-state index in [9.17, 15) is 4.79 Å². The van der Waals surface area contributed by atoms with E-state index in [1.807, 2.05) is 0 Å². The highest BCUT2D eigenvalue weighted by Gasteiger charge is 2.24. The molecule has 1 aliphatic carbocycles. The van der Waals surface area contributed by atoms with Gasteiger partial charge in [0, 0.05) is 32.8 Å². The molecule has 0 bridgehead atoms. The smallest absolute Gasteiger partial charge is 0.234 e. The molecule has 2 fully saturated rings. The summed E-state index contributed by atoms with van der Waals surface area (Å²) in [6.07, 6.45) is 5.15. The van der Waals surface area contributed by atoms with E-state index in [4.69, 9.17) is 4.74 Å². The Morgan fingerprint density at radius 3 is 2.63 bits per heavy atom. The minimum atomic E-state index is 0.112. The number of carbonyl (C=O) groups is 1. The molecule has 0 aromatic carbocycles. The lowest BCUT2D eigenvalue weighted by atomic mass is 10.0. The van der Waals surface area contributed by atoms with Gasteiger partial charge in [-0.2, -0.15) is 0 Å². The predicted molar refractivity (Wildman–Crippen MR) is 75.1 cm³/mol. The summed E-state index contributed by atoms with van der Waals surface area (Å²) < 4.78 is 4.91. The molecule has 1 saturated heterocycles. The zero-order chi connectivity index (χ0) is 13.5. The zero-order valence-electron chi connectivity index (χ0n) is 12.0. The van der Waals surface area contributed by atoms with Crippen molar-refractivity contribution in [2.24, 2.45) is 5.92 Å². The van der Waals surface area contributed by atoms with Crippen LogP contribution in [0.3, 0.4) is 0 Å². The van der Waals surface area contributed by atoms with Gasteiger partial charge in [-0.15, -0.1) is 0 Å². The summed E-state index contributed by atoms with van der Waals surface area (Å²) in [4.78, 5) is 13.9. The first-order valence-corrected chi connectivity index (χ1v) is 7.49. The first-order valence-electron chi connectivity index (χ1n) is 7.49. The van der Waals surface area contributed by atoms with Gasteiger partial charge in [0.05, 0.1) is 13.2 Å². The number of piperidine rings is 1. The van der Waals surface area contributed by atoms with Crippen LogP contribution in [0.25, 0.3) is 0 Å². The van der Waals surface area contributed by atoms with Gasteiger partial charge in [0.1, 0.15) is 0 Å². The number of methoxy groups -OCH3 is 1. The van der Waals surface area contributed by atoms with Gasteiger partial charge in [0.25, 0.3) is 0 Å². The van der Waals surface area contributed by atoms with E-state index in [1.54, 1.807) is 7.11 Å². The molecular weight excluding hydrogens is 242 g/mol. The van der Waals surface area contributed by atoms with E-state index >= 15 is 0 Å². The Balaban J connectivity index is 1.53. The van der Waals surface area contributed by atoms with Crippen LogP contribution >= 0.6 is 0 Å². The second-order valence-corrected chi connectivity index (χ2v) is 5.74. The van der Waals surface area contributed by atoms with E-state index < -0.39 is 0 Å². The van der Waals surface area contributed by atoms with Gasteiger partial charge in [-0.25, -0.2) is 0 Å². The molecule has 0 radical (unpaired) electrons. The quantitative estimate of drug-likeness (QED) is 0.619. The summed E-state index contributed by atoms with van der Waals surface area (Å²) in [6, 6.07) is 0.661. The molecule has 110 valence electrons. The van der Waals surface area contributed by atoms with Crippen molar-refractivity contribution in [3.05, 3.63) is 0 Å². The highest BCUT2D eigenvalue weighted by atomic mass is 16.5. The van der Waals surface area contributed by atoms with Crippen molar-refractivity contribution in [3.8, 4) is 0 Å². The van der Waals surface area contributed by atoms with E-state index in [0.717, 1.165) is 31.8 Å². The molecular formula is C14H27N3O2. The number of carbonyl (C=O) groups excluding carboxylic acids is 1. The monoisotopic (exact) mass is 269 g/mol. The fourth-order valence-electron chi connectivity index (χ4n) is 2.50. The Hall–Kier alpha value is -0.650. The van der Waals surface area contributed by atoms with Gasteiger partial charge in [-0.1, -0.05) is 0 Å².